The molecule has 0 fully saturated rings. The third kappa shape index (κ3) is 3.61. The molecule has 0 aliphatic heterocycles. The van der Waals surface area contributed by atoms with E-state index in [4.69, 9.17) is 4.55 Å². The summed E-state index contributed by atoms with van der Waals surface area (Å²) in [6.45, 7) is 3.80. The Labute approximate surface area is 97.2 Å². The van der Waals surface area contributed by atoms with Crippen LogP contribution in [-0.4, -0.2) is 13.0 Å². The Hall–Kier alpha value is -0.870. The van der Waals surface area contributed by atoms with Crippen LogP contribution in [0.2, 0.25) is 0 Å². The molecule has 0 bridgehead atoms. The smallest absolute Gasteiger partial charge is 0.282 e. The highest BCUT2D eigenvalue weighted by molar-refractivity contribution is 7.85. The number of rotatable bonds is 5. The number of benzene rings is 1. The summed E-state index contributed by atoms with van der Waals surface area (Å²) in [6, 6.07) is 5.23. The van der Waals surface area contributed by atoms with Crippen LogP contribution in [0, 0.1) is 6.92 Å². The maximum atomic E-state index is 11.1. The third-order valence-corrected chi connectivity index (χ3v) is 3.60. The van der Waals surface area contributed by atoms with Crippen molar-refractivity contribution >= 4 is 10.1 Å². The summed E-state index contributed by atoms with van der Waals surface area (Å²) in [4.78, 5) is 0.0292. The van der Waals surface area contributed by atoms with Crippen molar-refractivity contribution in [3.8, 4) is 0 Å². The average molecular weight is 242 g/mol. The summed E-state index contributed by atoms with van der Waals surface area (Å²) in [7, 11) is -4.09. The van der Waals surface area contributed by atoms with Gasteiger partial charge in [-0.3, -0.25) is 4.55 Å². The van der Waals surface area contributed by atoms with E-state index in [9.17, 15) is 8.42 Å². The molecule has 0 radical (unpaired) electrons. The van der Waals surface area contributed by atoms with Crippen LogP contribution in [0.3, 0.4) is 0 Å². The van der Waals surface area contributed by atoms with Gasteiger partial charge in [-0.25, -0.2) is 0 Å². The Bertz CT molecular complexity index is 449. The molecule has 0 amide bonds. The van der Waals surface area contributed by atoms with Gasteiger partial charge in [0.05, 0.1) is 4.90 Å². The lowest BCUT2D eigenvalue weighted by atomic mass is 10.1. The molecule has 0 unspecified atom stereocenters. The van der Waals surface area contributed by atoms with Crippen molar-refractivity contribution in [2.75, 3.05) is 0 Å². The molecule has 0 aliphatic rings. The number of hydrogen-bond acceptors (Lipinski definition) is 2. The van der Waals surface area contributed by atoms with Gasteiger partial charge in [0.1, 0.15) is 0 Å². The van der Waals surface area contributed by atoms with Gasteiger partial charge in [0.2, 0.25) is 0 Å². The average Bonchev–Trinajstić information content (AvgIpc) is 2.19. The molecule has 3 nitrogen and oxygen atoms in total. The molecule has 90 valence electrons. The molecule has 16 heavy (non-hydrogen) atoms. The highest BCUT2D eigenvalue weighted by Gasteiger charge is 2.13. The van der Waals surface area contributed by atoms with Crippen LogP contribution in [0.25, 0.3) is 0 Å². The first kappa shape index (κ1) is 13.2. The second kappa shape index (κ2) is 5.46. The van der Waals surface area contributed by atoms with Gasteiger partial charge in [0.25, 0.3) is 10.1 Å². The van der Waals surface area contributed by atoms with Gasteiger partial charge in [-0.1, -0.05) is 31.9 Å². The van der Waals surface area contributed by atoms with E-state index in [1.54, 1.807) is 19.1 Å². The Morgan fingerprint density at radius 2 is 1.94 bits per heavy atom. The van der Waals surface area contributed by atoms with E-state index in [0.717, 1.165) is 31.2 Å². The van der Waals surface area contributed by atoms with Crippen molar-refractivity contribution in [1.82, 2.24) is 0 Å². The van der Waals surface area contributed by atoms with Crippen molar-refractivity contribution in [3.63, 3.8) is 0 Å². The van der Waals surface area contributed by atoms with E-state index >= 15 is 0 Å². The first-order valence-corrected chi connectivity index (χ1v) is 6.96. The first-order valence-electron chi connectivity index (χ1n) is 5.52. The molecule has 1 aromatic rings. The van der Waals surface area contributed by atoms with Crippen LogP contribution in [0.1, 0.15) is 37.3 Å². The fourth-order valence-electron chi connectivity index (χ4n) is 1.66. The topological polar surface area (TPSA) is 54.4 Å². The molecule has 0 aliphatic carbocycles. The van der Waals surface area contributed by atoms with Crippen LogP contribution >= 0.6 is 0 Å². The highest BCUT2D eigenvalue weighted by Crippen LogP contribution is 2.18. The highest BCUT2D eigenvalue weighted by atomic mass is 32.2. The summed E-state index contributed by atoms with van der Waals surface area (Å²) in [5, 5.41) is 0. The number of hydrogen-bond donors (Lipinski definition) is 1. The van der Waals surface area contributed by atoms with Gasteiger partial charge in [-0.05, 0) is 37.0 Å². The van der Waals surface area contributed by atoms with Crippen LogP contribution in [0.5, 0.6) is 0 Å². The molecule has 0 saturated heterocycles. The first-order chi connectivity index (χ1) is 7.45. The minimum absolute atomic E-state index is 0.0292. The summed E-state index contributed by atoms with van der Waals surface area (Å²) in [5.41, 5.74) is 1.55. The molecule has 0 saturated carbocycles. The summed E-state index contributed by atoms with van der Waals surface area (Å²) in [6.07, 6.45) is 4.17. The van der Waals surface area contributed by atoms with E-state index in [0.29, 0.717) is 5.56 Å². The van der Waals surface area contributed by atoms with Crippen molar-refractivity contribution < 1.29 is 13.0 Å². The lowest BCUT2D eigenvalue weighted by molar-refractivity contribution is 0.482. The quantitative estimate of drug-likeness (QED) is 0.638. The Kier molecular flexibility index (Phi) is 4.50. The Morgan fingerprint density at radius 1 is 1.25 bits per heavy atom. The monoisotopic (exact) mass is 242 g/mol. The maximum Gasteiger partial charge on any atom is 0.294 e. The fourth-order valence-corrected chi connectivity index (χ4v) is 2.43. The van der Waals surface area contributed by atoms with Gasteiger partial charge in [0, 0.05) is 0 Å². The van der Waals surface area contributed by atoms with Gasteiger partial charge < -0.3 is 0 Å². The van der Waals surface area contributed by atoms with Crippen LogP contribution in [-0.2, 0) is 16.5 Å². The molecule has 0 aromatic heterocycles. The van der Waals surface area contributed by atoms with Gasteiger partial charge in [0.15, 0.2) is 0 Å². The van der Waals surface area contributed by atoms with Crippen molar-refractivity contribution in [2.24, 2.45) is 0 Å². The van der Waals surface area contributed by atoms with Crippen LogP contribution in [0.4, 0.5) is 0 Å². The summed E-state index contributed by atoms with van der Waals surface area (Å²) < 4.78 is 31.2. The van der Waals surface area contributed by atoms with Crippen molar-refractivity contribution in [3.05, 3.63) is 29.3 Å². The fraction of sp³-hybridized carbons (Fsp3) is 0.500. The minimum atomic E-state index is -4.09. The zero-order valence-corrected chi connectivity index (χ0v) is 10.5. The molecular formula is C12H18O3S. The normalized spacial score (nSPS) is 11.7. The largest absolute Gasteiger partial charge is 0.294 e. The van der Waals surface area contributed by atoms with E-state index in [1.165, 1.54) is 0 Å². The molecule has 0 spiro atoms. The van der Waals surface area contributed by atoms with Crippen molar-refractivity contribution in [2.45, 2.75) is 44.4 Å². The van der Waals surface area contributed by atoms with Crippen LogP contribution in [0.15, 0.2) is 23.1 Å². The predicted molar refractivity (Wildman–Crippen MR) is 64.2 cm³/mol. The van der Waals surface area contributed by atoms with E-state index in [2.05, 4.69) is 6.92 Å². The van der Waals surface area contributed by atoms with Crippen LogP contribution < -0.4 is 0 Å². The molecule has 1 N–H and O–H groups in total. The minimum Gasteiger partial charge on any atom is -0.282 e. The molecular weight excluding hydrogens is 224 g/mol. The molecule has 0 atom stereocenters. The standard InChI is InChI=1S/C12H18O3S/c1-3-4-5-6-11-8-7-10(2)12(9-11)16(13,14)15/h7-9H,3-6H2,1-2H3,(H,13,14,15). The Balaban J connectivity index is 2.91. The number of unbranched alkanes of at least 4 members (excludes halogenated alkanes) is 2. The summed E-state index contributed by atoms with van der Waals surface area (Å²) >= 11 is 0. The number of aryl methyl sites for hydroxylation is 2. The van der Waals surface area contributed by atoms with E-state index in [1.807, 2.05) is 6.07 Å². The maximum absolute atomic E-state index is 11.1. The lowest BCUT2D eigenvalue weighted by Crippen LogP contribution is -2.02. The molecule has 4 heteroatoms. The van der Waals surface area contributed by atoms with Gasteiger partial charge in [-0.15, -0.1) is 0 Å². The molecule has 1 rings (SSSR count). The van der Waals surface area contributed by atoms with Gasteiger partial charge in [-0.2, -0.15) is 8.42 Å². The Morgan fingerprint density at radius 3 is 2.50 bits per heavy atom. The summed E-state index contributed by atoms with van der Waals surface area (Å²) in [5.74, 6) is 0. The van der Waals surface area contributed by atoms with Gasteiger partial charge >= 0.3 is 0 Å². The van der Waals surface area contributed by atoms with E-state index in [-0.39, 0.29) is 4.90 Å². The zero-order valence-electron chi connectivity index (χ0n) is 9.73. The third-order valence-electron chi connectivity index (χ3n) is 2.60. The second-order valence-corrected chi connectivity index (χ2v) is 5.42. The molecule has 1 aromatic carbocycles. The zero-order chi connectivity index (χ0) is 12.2. The lowest BCUT2D eigenvalue weighted by Gasteiger charge is -2.06. The predicted octanol–water partition coefficient (Wildman–Crippen LogP) is 2.97. The van der Waals surface area contributed by atoms with E-state index < -0.39 is 10.1 Å². The molecule has 0 heterocycles. The SMILES string of the molecule is CCCCCc1ccc(C)c(S(=O)(=O)O)c1. The second-order valence-electron chi connectivity index (χ2n) is 4.03. The van der Waals surface area contributed by atoms with Crippen molar-refractivity contribution in [1.29, 1.82) is 0 Å².